The predicted octanol–water partition coefficient (Wildman–Crippen LogP) is 14.2. The molecular weight excluding hydrogens is 729 g/mol. The first-order chi connectivity index (χ1) is 29.7. The van der Waals surface area contributed by atoms with Gasteiger partial charge < -0.3 is 0 Å². The van der Waals surface area contributed by atoms with Gasteiger partial charge in [0.25, 0.3) is 0 Å². The highest BCUT2D eigenvalue weighted by molar-refractivity contribution is 6.22. The average molecular weight is 763 g/mol. The van der Waals surface area contributed by atoms with Gasteiger partial charge in [-0.3, -0.25) is 0 Å². The van der Waals surface area contributed by atoms with Crippen LogP contribution in [0.25, 0.3) is 112 Å². The van der Waals surface area contributed by atoms with Crippen LogP contribution in [0.3, 0.4) is 0 Å². The Hall–Kier alpha value is -8.26. The van der Waals surface area contributed by atoms with E-state index in [-0.39, 0.29) is 0 Å². The number of nitrogens with zero attached hydrogens (tertiary/aromatic N) is 4. The summed E-state index contributed by atoms with van der Waals surface area (Å²) in [6, 6.07) is 74.2. The second-order valence-electron chi connectivity index (χ2n) is 15.1. The lowest BCUT2D eigenvalue weighted by Gasteiger charge is -2.15. The van der Waals surface area contributed by atoms with E-state index in [9.17, 15) is 5.26 Å². The van der Waals surface area contributed by atoms with Crippen LogP contribution in [-0.2, 0) is 0 Å². The van der Waals surface area contributed by atoms with Gasteiger partial charge in [0.05, 0.1) is 11.6 Å². The Labute approximate surface area is 348 Å². The largest absolute Gasteiger partial charge is 0.208 e. The molecule has 60 heavy (non-hydrogen) atoms. The van der Waals surface area contributed by atoms with Gasteiger partial charge in [-0.15, -0.1) is 0 Å². The number of hydrogen-bond acceptors (Lipinski definition) is 4. The molecule has 1 aliphatic rings. The number of fused-ring (bicyclic) bond motifs is 3. The summed E-state index contributed by atoms with van der Waals surface area (Å²) in [7, 11) is 0. The van der Waals surface area contributed by atoms with E-state index in [0.717, 1.165) is 55.6 Å². The SMILES string of the molecule is N#Cc1ccc(-c2ccc3c4c(ccc(-c5ccc(-c6ccc(-c7ccc(-c8nc(-c9ccccc9)nc(-c9ccccc9)n8)cc7)cc6)cc5)c24)-c2ccccc2-3)cc1. The molecule has 0 fully saturated rings. The normalized spacial score (nSPS) is 11.3. The standard InChI is InChI=1S/C56H34N4/c57-35-36-15-17-41(18-16-36)46-31-33-50-48-13-7-8-14-49(48)51-34-32-47(52(46)53(50)51)42-27-23-39(24-28-42)37-19-21-38(22-20-37)40-25-29-45(30-26-40)56-59-54(43-9-3-1-4-10-43)58-55(60-56)44-11-5-2-6-12-44/h1-34H. The summed E-state index contributed by atoms with van der Waals surface area (Å²) in [5.74, 6) is 1.94. The van der Waals surface area contributed by atoms with E-state index < -0.39 is 0 Å². The van der Waals surface area contributed by atoms with E-state index in [2.05, 4.69) is 140 Å². The fourth-order valence-electron chi connectivity index (χ4n) is 8.55. The summed E-state index contributed by atoms with van der Waals surface area (Å²) >= 11 is 0. The summed E-state index contributed by atoms with van der Waals surface area (Å²) in [5, 5.41) is 12.0. The van der Waals surface area contributed by atoms with Gasteiger partial charge in [0.15, 0.2) is 17.5 Å². The monoisotopic (exact) mass is 762 g/mol. The Morgan fingerprint density at radius 1 is 0.250 bits per heavy atom. The molecule has 0 atom stereocenters. The molecule has 1 aromatic heterocycles. The van der Waals surface area contributed by atoms with Crippen molar-refractivity contribution >= 4 is 10.8 Å². The van der Waals surface area contributed by atoms with Gasteiger partial charge in [-0.25, -0.2) is 15.0 Å². The van der Waals surface area contributed by atoms with Crippen molar-refractivity contribution < 1.29 is 0 Å². The first-order valence-corrected chi connectivity index (χ1v) is 20.1. The maximum Gasteiger partial charge on any atom is 0.164 e. The molecule has 0 spiro atoms. The third kappa shape index (κ3) is 6.14. The summed E-state index contributed by atoms with van der Waals surface area (Å²) in [4.78, 5) is 14.6. The van der Waals surface area contributed by atoms with E-state index >= 15 is 0 Å². The van der Waals surface area contributed by atoms with Gasteiger partial charge in [0.2, 0.25) is 0 Å². The molecule has 1 aliphatic carbocycles. The molecular formula is C56H34N4. The fourth-order valence-corrected chi connectivity index (χ4v) is 8.55. The Morgan fingerprint density at radius 3 is 0.950 bits per heavy atom. The van der Waals surface area contributed by atoms with Crippen molar-refractivity contribution in [1.82, 2.24) is 15.0 Å². The van der Waals surface area contributed by atoms with E-state index in [1.54, 1.807) is 0 Å². The van der Waals surface area contributed by atoms with Gasteiger partial charge in [-0.2, -0.15) is 5.26 Å². The molecule has 1 heterocycles. The van der Waals surface area contributed by atoms with E-state index in [0.29, 0.717) is 23.0 Å². The molecule has 278 valence electrons. The molecule has 0 saturated carbocycles. The van der Waals surface area contributed by atoms with Gasteiger partial charge in [-0.05, 0) is 89.7 Å². The highest BCUT2D eigenvalue weighted by Gasteiger charge is 2.25. The van der Waals surface area contributed by atoms with Gasteiger partial charge in [0.1, 0.15) is 0 Å². The maximum absolute atomic E-state index is 9.48. The van der Waals surface area contributed by atoms with Crippen molar-refractivity contribution in [2.75, 3.05) is 0 Å². The van der Waals surface area contributed by atoms with Crippen molar-refractivity contribution in [3.63, 3.8) is 0 Å². The third-order valence-electron chi connectivity index (χ3n) is 11.6. The molecule has 4 nitrogen and oxygen atoms in total. The van der Waals surface area contributed by atoms with Gasteiger partial charge >= 0.3 is 0 Å². The Kier molecular flexibility index (Phi) is 8.50. The van der Waals surface area contributed by atoms with Gasteiger partial charge in [0, 0.05) is 16.7 Å². The lowest BCUT2D eigenvalue weighted by atomic mass is 9.88. The quantitative estimate of drug-likeness (QED) is 0.162. The van der Waals surface area contributed by atoms with Crippen LogP contribution in [0.15, 0.2) is 206 Å². The maximum atomic E-state index is 9.48. The van der Waals surface area contributed by atoms with Crippen molar-refractivity contribution in [2.24, 2.45) is 0 Å². The molecule has 0 N–H and O–H groups in total. The third-order valence-corrected chi connectivity index (χ3v) is 11.6. The lowest BCUT2D eigenvalue weighted by Crippen LogP contribution is -2.00. The van der Waals surface area contributed by atoms with Crippen LogP contribution in [0.4, 0.5) is 0 Å². The Morgan fingerprint density at radius 2 is 0.550 bits per heavy atom. The van der Waals surface area contributed by atoms with Crippen molar-refractivity contribution in [3.8, 4) is 107 Å². The second kappa shape index (κ2) is 14.6. The molecule has 0 amide bonds. The van der Waals surface area contributed by atoms with Crippen molar-refractivity contribution in [1.29, 1.82) is 5.26 Å². The minimum absolute atomic E-state index is 0.640. The summed E-state index contributed by atoms with van der Waals surface area (Å²) in [6.45, 7) is 0. The van der Waals surface area contributed by atoms with Crippen molar-refractivity contribution in [3.05, 3.63) is 212 Å². The Bertz CT molecular complexity index is 3170. The van der Waals surface area contributed by atoms with Crippen LogP contribution in [-0.4, -0.2) is 15.0 Å². The summed E-state index contributed by atoms with van der Waals surface area (Å²) < 4.78 is 0. The number of aromatic nitrogens is 3. The zero-order chi connectivity index (χ0) is 40.0. The van der Waals surface area contributed by atoms with Crippen LogP contribution in [0.5, 0.6) is 0 Å². The predicted molar refractivity (Wildman–Crippen MR) is 245 cm³/mol. The second-order valence-corrected chi connectivity index (χ2v) is 15.1. The lowest BCUT2D eigenvalue weighted by molar-refractivity contribution is 1.07. The molecule has 0 radical (unpaired) electrons. The van der Waals surface area contributed by atoms with Crippen molar-refractivity contribution in [2.45, 2.75) is 0 Å². The molecule has 0 aliphatic heterocycles. The molecule has 4 heteroatoms. The van der Waals surface area contributed by atoms with E-state index in [4.69, 9.17) is 15.0 Å². The first kappa shape index (κ1) is 34.9. The zero-order valence-electron chi connectivity index (χ0n) is 32.4. The molecule has 10 aromatic rings. The smallest absolute Gasteiger partial charge is 0.164 e. The van der Waals surface area contributed by atoms with Crippen LogP contribution in [0, 0.1) is 11.3 Å². The highest BCUT2D eigenvalue weighted by atomic mass is 15.0. The summed E-state index contributed by atoms with van der Waals surface area (Å²) in [5.41, 5.74) is 17.7. The van der Waals surface area contributed by atoms with Crippen LogP contribution in [0.2, 0.25) is 0 Å². The summed E-state index contributed by atoms with van der Waals surface area (Å²) in [6.07, 6.45) is 0. The molecule has 0 saturated heterocycles. The molecule has 9 aromatic carbocycles. The highest BCUT2D eigenvalue weighted by Crippen LogP contribution is 2.52. The number of rotatable bonds is 7. The van der Waals surface area contributed by atoms with E-state index in [1.165, 1.54) is 38.6 Å². The van der Waals surface area contributed by atoms with E-state index in [1.807, 2.05) is 72.8 Å². The molecule has 11 rings (SSSR count). The number of hydrogen-bond donors (Lipinski definition) is 0. The van der Waals surface area contributed by atoms with Crippen LogP contribution < -0.4 is 0 Å². The minimum Gasteiger partial charge on any atom is -0.208 e. The van der Waals surface area contributed by atoms with Crippen LogP contribution in [0.1, 0.15) is 5.56 Å². The molecule has 0 bridgehead atoms. The zero-order valence-corrected chi connectivity index (χ0v) is 32.4. The number of benzene rings is 9. The topological polar surface area (TPSA) is 62.5 Å². The van der Waals surface area contributed by atoms with Crippen LogP contribution >= 0.6 is 0 Å². The average Bonchev–Trinajstić information content (AvgIpc) is 3.66. The minimum atomic E-state index is 0.640. The van der Waals surface area contributed by atoms with Gasteiger partial charge in [-0.1, -0.05) is 194 Å². The Balaban J connectivity index is 0.896. The molecule has 0 unspecified atom stereocenters. The first-order valence-electron chi connectivity index (χ1n) is 20.1. The number of nitriles is 1. The fraction of sp³-hybridized carbons (Fsp3) is 0.